The summed E-state index contributed by atoms with van der Waals surface area (Å²) in [5.74, 6) is -0.851. The van der Waals surface area contributed by atoms with Gasteiger partial charge in [-0.1, -0.05) is 26.0 Å². The first-order valence-corrected chi connectivity index (χ1v) is 9.00. The topological polar surface area (TPSA) is 70.7 Å². The average molecular weight is 365 g/mol. The average Bonchev–Trinajstić information content (AvgIpc) is 2.60. The molecule has 0 aromatic heterocycles. The molecule has 0 spiro atoms. The Kier molecular flexibility index (Phi) is 7.38. The Balaban J connectivity index is 1.98. The Morgan fingerprint density at radius 3 is 2.73 bits per heavy atom. The minimum atomic E-state index is -0.624. The van der Waals surface area contributed by atoms with Gasteiger partial charge in [0, 0.05) is 26.2 Å². The van der Waals surface area contributed by atoms with Crippen molar-refractivity contribution >= 4 is 17.5 Å². The molecule has 0 aliphatic carbocycles. The molecule has 0 bridgehead atoms. The molecule has 2 atom stereocenters. The van der Waals surface area contributed by atoms with Gasteiger partial charge in [-0.25, -0.2) is 4.39 Å². The van der Waals surface area contributed by atoms with Crippen molar-refractivity contribution in [3.8, 4) is 0 Å². The summed E-state index contributed by atoms with van der Waals surface area (Å²) in [6, 6.07) is 5.95. The third-order valence-electron chi connectivity index (χ3n) is 4.50. The van der Waals surface area contributed by atoms with E-state index in [0.717, 1.165) is 19.4 Å². The van der Waals surface area contributed by atoms with Crippen LogP contribution in [-0.2, 0) is 14.3 Å². The summed E-state index contributed by atoms with van der Waals surface area (Å²) in [5, 5.41) is 5.72. The third-order valence-corrected chi connectivity index (χ3v) is 4.50. The van der Waals surface area contributed by atoms with Crippen LogP contribution in [0, 0.1) is 11.7 Å². The summed E-state index contributed by atoms with van der Waals surface area (Å²) in [5.41, 5.74) is 0.556. The second kappa shape index (κ2) is 9.52. The number of carbonyl (C=O) groups excluding carboxylic acids is 2. The Hall–Kier alpha value is -2.15. The summed E-state index contributed by atoms with van der Waals surface area (Å²) in [6.07, 6.45) is 1.69. The first-order valence-electron chi connectivity index (χ1n) is 9.00. The van der Waals surface area contributed by atoms with Crippen LogP contribution in [0.2, 0.25) is 0 Å². The van der Waals surface area contributed by atoms with Gasteiger partial charge in [-0.15, -0.1) is 0 Å². The molecule has 144 valence electrons. The number of halogens is 1. The van der Waals surface area contributed by atoms with Crippen LogP contribution in [0.15, 0.2) is 24.3 Å². The fourth-order valence-electron chi connectivity index (χ4n) is 3.19. The molecule has 2 N–H and O–H groups in total. The molecule has 6 nitrogen and oxygen atoms in total. The summed E-state index contributed by atoms with van der Waals surface area (Å²) in [6.45, 7) is 4.98. The number of para-hydroxylation sites is 1. The van der Waals surface area contributed by atoms with E-state index in [4.69, 9.17) is 4.74 Å². The first kappa shape index (κ1) is 20.2. The summed E-state index contributed by atoms with van der Waals surface area (Å²) in [4.78, 5) is 26.4. The lowest BCUT2D eigenvalue weighted by molar-refractivity contribution is -0.132. The molecule has 26 heavy (non-hydrogen) atoms. The zero-order valence-electron chi connectivity index (χ0n) is 15.6. The van der Waals surface area contributed by atoms with E-state index in [1.165, 1.54) is 13.2 Å². The van der Waals surface area contributed by atoms with Crippen molar-refractivity contribution in [3.05, 3.63) is 30.1 Å². The Bertz CT molecular complexity index is 624. The number of nitrogens with zero attached hydrogens (tertiary/aromatic N) is 1. The van der Waals surface area contributed by atoms with E-state index in [9.17, 15) is 14.0 Å². The molecule has 1 heterocycles. The molecule has 1 saturated heterocycles. The van der Waals surface area contributed by atoms with E-state index in [1.54, 1.807) is 18.2 Å². The lowest BCUT2D eigenvalue weighted by Gasteiger charge is -2.35. The normalized spacial score (nSPS) is 18.5. The Morgan fingerprint density at radius 1 is 1.35 bits per heavy atom. The molecule has 1 aromatic carbocycles. The van der Waals surface area contributed by atoms with Gasteiger partial charge in [-0.05, 0) is 30.9 Å². The van der Waals surface area contributed by atoms with Crippen LogP contribution in [0.3, 0.4) is 0 Å². The van der Waals surface area contributed by atoms with Gasteiger partial charge < -0.3 is 20.3 Å². The second-order valence-electron chi connectivity index (χ2n) is 6.97. The quantitative estimate of drug-likeness (QED) is 0.772. The number of hydrogen-bond acceptors (Lipinski definition) is 4. The highest BCUT2D eigenvalue weighted by Crippen LogP contribution is 2.23. The minimum Gasteiger partial charge on any atom is -0.375 e. The second-order valence-corrected chi connectivity index (χ2v) is 6.97. The standard InChI is InChI=1S/C19H28FN3O3/c1-13(2)18(22-17(24)12-26-3)19(25)21-14-7-6-10-23(11-14)16-9-5-4-8-15(16)20/h4-5,8-9,13-14,18H,6-7,10-12H2,1-3H3,(H,21,25)(H,22,24)/t14?,18-/m0/s1. The molecule has 2 amide bonds. The highest BCUT2D eigenvalue weighted by atomic mass is 19.1. The molecule has 1 aliphatic rings. The van der Waals surface area contributed by atoms with Crippen LogP contribution < -0.4 is 15.5 Å². The van der Waals surface area contributed by atoms with E-state index in [0.29, 0.717) is 12.2 Å². The number of methoxy groups -OCH3 is 1. The zero-order valence-corrected chi connectivity index (χ0v) is 15.6. The van der Waals surface area contributed by atoms with Crippen molar-refractivity contribution in [2.45, 2.75) is 38.8 Å². The lowest BCUT2D eigenvalue weighted by atomic mass is 10.0. The molecule has 1 fully saturated rings. The number of ether oxygens (including phenoxy) is 1. The van der Waals surface area contributed by atoms with Gasteiger partial charge in [0.2, 0.25) is 11.8 Å². The largest absolute Gasteiger partial charge is 0.375 e. The maximum atomic E-state index is 14.0. The highest BCUT2D eigenvalue weighted by Gasteiger charge is 2.28. The number of amides is 2. The molecular weight excluding hydrogens is 337 g/mol. The van der Waals surface area contributed by atoms with Crippen LogP contribution in [0.4, 0.5) is 10.1 Å². The predicted octanol–water partition coefficient (Wildman–Crippen LogP) is 1.70. The smallest absolute Gasteiger partial charge is 0.246 e. The minimum absolute atomic E-state index is 0.0536. The molecule has 2 rings (SSSR count). The predicted molar refractivity (Wildman–Crippen MR) is 98.4 cm³/mol. The van der Waals surface area contributed by atoms with Gasteiger partial charge in [0.05, 0.1) is 5.69 Å². The molecular formula is C19H28FN3O3. The maximum absolute atomic E-state index is 14.0. The molecule has 0 radical (unpaired) electrons. The SMILES string of the molecule is COCC(=O)N[C@H](C(=O)NC1CCCN(c2ccccc2F)C1)C(C)C. The molecule has 7 heteroatoms. The van der Waals surface area contributed by atoms with Crippen molar-refractivity contribution in [1.82, 2.24) is 10.6 Å². The summed E-state index contributed by atoms with van der Waals surface area (Å²) >= 11 is 0. The van der Waals surface area contributed by atoms with Gasteiger partial charge >= 0.3 is 0 Å². The summed E-state index contributed by atoms with van der Waals surface area (Å²) < 4.78 is 18.8. The van der Waals surface area contributed by atoms with E-state index >= 15 is 0 Å². The molecule has 1 unspecified atom stereocenters. The number of benzene rings is 1. The third kappa shape index (κ3) is 5.42. The lowest BCUT2D eigenvalue weighted by Crippen LogP contribution is -2.55. The van der Waals surface area contributed by atoms with Crippen LogP contribution >= 0.6 is 0 Å². The van der Waals surface area contributed by atoms with E-state index in [2.05, 4.69) is 10.6 Å². The molecule has 1 aromatic rings. The van der Waals surface area contributed by atoms with Crippen molar-refractivity contribution in [1.29, 1.82) is 0 Å². The number of carbonyl (C=O) groups is 2. The van der Waals surface area contributed by atoms with Crippen LogP contribution in [-0.4, -0.2) is 50.7 Å². The Labute approximate surface area is 154 Å². The van der Waals surface area contributed by atoms with Crippen molar-refractivity contribution in [2.75, 3.05) is 31.7 Å². The van der Waals surface area contributed by atoms with Gasteiger partial charge in [0.15, 0.2) is 0 Å². The van der Waals surface area contributed by atoms with Crippen molar-refractivity contribution in [2.24, 2.45) is 5.92 Å². The summed E-state index contributed by atoms with van der Waals surface area (Å²) in [7, 11) is 1.43. The van der Waals surface area contributed by atoms with Crippen LogP contribution in [0.5, 0.6) is 0 Å². The fourth-order valence-corrected chi connectivity index (χ4v) is 3.19. The fraction of sp³-hybridized carbons (Fsp3) is 0.579. The monoisotopic (exact) mass is 365 g/mol. The number of nitrogens with one attached hydrogen (secondary N) is 2. The maximum Gasteiger partial charge on any atom is 0.246 e. The number of piperidine rings is 1. The number of hydrogen-bond donors (Lipinski definition) is 2. The zero-order chi connectivity index (χ0) is 19.1. The number of anilines is 1. The van der Waals surface area contributed by atoms with Gasteiger partial charge in [0.1, 0.15) is 18.5 Å². The van der Waals surface area contributed by atoms with Gasteiger partial charge in [-0.2, -0.15) is 0 Å². The van der Waals surface area contributed by atoms with E-state index in [-0.39, 0.29) is 36.2 Å². The van der Waals surface area contributed by atoms with E-state index < -0.39 is 6.04 Å². The van der Waals surface area contributed by atoms with E-state index in [1.807, 2.05) is 18.7 Å². The van der Waals surface area contributed by atoms with Crippen molar-refractivity contribution < 1.29 is 18.7 Å². The molecule has 1 aliphatic heterocycles. The van der Waals surface area contributed by atoms with Crippen molar-refractivity contribution in [3.63, 3.8) is 0 Å². The highest BCUT2D eigenvalue weighted by molar-refractivity contribution is 5.88. The number of rotatable bonds is 7. The van der Waals surface area contributed by atoms with Crippen LogP contribution in [0.25, 0.3) is 0 Å². The Morgan fingerprint density at radius 2 is 2.08 bits per heavy atom. The molecule has 0 saturated carbocycles. The first-order chi connectivity index (χ1) is 12.4. The van der Waals surface area contributed by atoms with Gasteiger partial charge in [0.25, 0.3) is 0 Å². The van der Waals surface area contributed by atoms with Crippen LogP contribution in [0.1, 0.15) is 26.7 Å². The van der Waals surface area contributed by atoms with Gasteiger partial charge in [-0.3, -0.25) is 9.59 Å².